The third-order valence-corrected chi connectivity index (χ3v) is 4.39. The maximum Gasteiger partial charge on any atom is 0.573 e. The Morgan fingerprint density at radius 1 is 0.957 bits per heavy atom. The van der Waals surface area contributed by atoms with Gasteiger partial charge in [0.2, 0.25) is 10.0 Å². The number of alkyl halides is 3. The van der Waals surface area contributed by atoms with Crippen LogP contribution in [-0.4, -0.2) is 21.3 Å². The van der Waals surface area contributed by atoms with Gasteiger partial charge in [-0.1, -0.05) is 30.3 Å². The van der Waals surface area contributed by atoms with Gasteiger partial charge in [-0.05, 0) is 36.2 Å². The van der Waals surface area contributed by atoms with E-state index in [0.29, 0.717) is 6.42 Å². The molecule has 0 bridgehead atoms. The second kappa shape index (κ2) is 7.01. The molecule has 0 radical (unpaired) electrons. The summed E-state index contributed by atoms with van der Waals surface area (Å²) < 4.78 is 66.3. The van der Waals surface area contributed by atoms with Crippen molar-refractivity contribution in [2.75, 3.05) is 6.54 Å². The van der Waals surface area contributed by atoms with Crippen LogP contribution < -0.4 is 9.46 Å². The molecule has 4 nitrogen and oxygen atoms in total. The van der Waals surface area contributed by atoms with Gasteiger partial charge in [0.1, 0.15) is 5.75 Å². The quantitative estimate of drug-likeness (QED) is 0.875. The average molecular weight is 345 g/mol. The summed E-state index contributed by atoms with van der Waals surface area (Å²) in [6.45, 7) is 0.188. The van der Waals surface area contributed by atoms with Crippen molar-refractivity contribution in [2.45, 2.75) is 17.7 Å². The summed E-state index contributed by atoms with van der Waals surface area (Å²) in [5.74, 6) is -0.472. The highest BCUT2D eigenvalue weighted by Crippen LogP contribution is 2.23. The molecule has 1 N–H and O–H groups in total. The van der Waals surface area contributed by atoms with E-state index in [1.165, 1.54) is 0 Å². The van der Waals surface area contributed by atoms with Crippen LogP contribution in [0.2, 0.25) is 0 Å². The Hall–Kier alpha value is -2.06. The lowest BCUT2D eigenvalue weighted by atomic mass is 10.2. The number of benzene rings is 2. The molecule has 0 unspecified atom stereocenters. The van der Waals surface area contributed by atoms with Crippen molar-refractivity contribution in [3.63, 3.8) is 0 Å². The van der Waals surface area contributed by atoms with Crippen LogP contribution in [0.3, 0.4) is 0 Å². The SMILES string of the molecule is O=S(=O)(NCCc1ccccc1)c1ccc(OC(F)(F)F)cc1. The zero-order chi connectivity index (χ0) is 16.9. The standard InChI is InChI=1S/C15H14F3NO3S/c16-15(17,18)22-13-6-8-14(9-7-13)23(20,21)19-11-10-12-4-2-1-3-5-12/h1-9,19H,10-11H2. The van der Waals surface area contributed by atoms with E-state index in [1.54, 1.807) is 0 Å². The molecule has 2 aromatic carbocycles. The summed E-state index contributed by atoms with van der Waals surface area (Å²) >= 11 is 0. The van der Waals surface area contributed by atoms with Crippen molar-refractivity contribution in [2.24, 2.45) is 0 Å². The molecule has 0 atom stereocenters. The lowest BCUT2D eigenvalue weighted by molar-refractivity contribution is -0.274. The molecule has 0 aliphatic rings. The highest BCUT2D eigenvalue weighted by atomic mass is 32.2. The van der Waals surface area contributed by atoms with Crippen LogP contribution in [0.25, 0.3) is 0 Å². The normalized spacial score (nSPS) is 12.1. The van der Waals surface area contributed by atoms with E-state index < -0.39 is 22.1 Å². The zero-order valence-electron chi connectivity index (χ0n) is 11.9. The summed E-state index contributed by atoms with van der Waals surface area (Å²) in [4.78, 5) is -0.125. The van der Waals surface area contributed by atoms with Crippen LogP contribution in [0.15, 0.2) is 59.5 Å². The third kappa shape index (κ3) is 5.57. The molecule has 0 saturated heterocycles. The first-order valence-electron chi connectivity index (χ1n) is 6.66. The number of sulfonamides is 1. The van der Waals surface area contributed by atoms with E-state index in [-0.39, 0.29) is 11.4 Å². The van der Waals surface area contributed by atoms with Crippen LogP contribution >= 0.6 is 0 Å². The van der Waals surface area contributed by atoms with Gasteiger partial charge in [-0.3, -0.25) is 0 Å². The Morgan fingerprint density at radius 3 is 2.13 bits per heavy atom. The Bertz CT molecular complexity index is 729. The minimum atomic E-state index is -4.81. The molecule has 2 rings (SSSR count). The number of hydrogen-bond donors (Lipinski definition) is 1. The van der Waals surface area contributed by atoms with Gasteiger partial charge in [0, 0.05) is 6.54 Å². The minimum absolute atomic E-state index is 0.125. The molecule has 0 amide bonds. The van der Waals surface area contributed by atoms with Crippen molar-refractivity contribution in [3.05, 3.63) is 60.2 Å². The molecule has 0 aliphatic carbocycles. The minimum Gasteiger partial charge on any atom is -0.406 e. The van der Waals surface area contributed by atoms with Crippen LogP contribution in [0, 0.1) is 0 Å². The number of hydrogen-bond acceptors (Lipinski definition) is 3. The number of halogens is 3. The highest BCUT2D eigenvalue weighted by molar-refractivity contribution is 7.89. The van der Waals surface area contributed by atoms with Gasteiger partial charge in [-0.25, -0.2) is 13.1 Å². The van der Waals surface area contributed by atoms with E-state index in [2.05, 4.69) is 9.46 Å². The van der Waals surface area contributed by atoms with Crippen molar-refractivity contribution < 1.29 is 26.3 Å². The van der Waals surface area contributed by atoms with Crippen molar-refractivity contribution >= 4 is 10.0 Å². The Balaban J connectivity index is 1.96. The molecule has 0 heterocycles. The highest BCUT2D eigenvalue weighted by Gasteiger charge is 2.31. The maximum atomic E-state index is 12.1. The van der Waals surface area contributed by atoms with Gasteiger partial charge in [0.25, 0.3) is 0 Å². The molecule has 0 aromatic heterocycles. The van der Waals surface area contributed by atoms with Crippen LogP contribution in [0.1, 0.15) is 5.56 Å². The van der Waals surface area contributed by atoms with Crippen LogP contribution in [0.5, 0.6) is 5.75 Å². The fourth-order valence-electron chi connectivity index (χ4n) is 1.88. The Kier molecular flexibility index (Phi) is 5.27. The Labute approximate surface area is 132 Å². The molecular weight excluding hydrogens is 331 g/mol. The molecule has 2 aromatic rings. The smallest absolute Gasteiger partial charge is 0.406 e. The molecule has 8 heteroatoms. The summed E-state index contributed by atoms with van der Waals surface area (Å²) in [6, 6.07) is 13.3. The molecule has 23 heavy (non-hydrogen) atoms. The van der Waals surface area contributed by atoms with Gasteiger partial charge in [-0.2, -0.15) is 0 Å². The van der Waals surface area contributed by atoms with Crippen LogP contribution in [0.4, 0.5) is 13.2 Å². The maximum absolute atomic E-state index is 12.1. The van der Waals surface area contributed by atoms with E-state index in [9.17, 15) is 21.6 Å². The largest absolute Gasteiger partial charge is 0.573 e. The van der Waals surface area contributed by atoms with E-state index in [4.69, 9.17) is 0 Å². The number of rotatable bonds is 6. The van der Waals surface area contributed by atoms with Gasteiger partial charge in [0.15, 0.2) is 0 Å². The summed E-state index contributed by atoms with van der Waals surface area (Å²) in [5.41, 5.74) is 0.976. The average Bonchev–Trinajstić information content (AvgIpc) is 2.47. The molecule has 0 spiro atoms. The van der Waals surface area contributed by atoms with Crippen molar-refractivity contribution in [1.29, 1.82) is 0 Å². The number of nitrogens with one attached hydrogen (secondary N) is 1. The van der Waals surface area contributed by atoms with Gasteiger partial charge >= 0.3 is 6.36 Å². The van der Waals surface area contributed by atoms with Crippen molar-refractivity contribution in [1.82, 2.24) is 4.72 Å². The fourth-order valence-corrected chi connectivity index (χ4v) is 2.91. The fraction of sp³-hybridized carbons (Fsp3) is 0.200. The lowest BCUT2D eigenvalue weighted by Crippen LogP contribution is -2.26. The van der Waals surface area contributed by atoms with E-state index in [1.807, 2.05) is 30.3 Å². The third-order valence-electron chi connectivity index (χ3n) is 2.92. The first kappa shape index (κ1) is 17.3. The summed E-state index contributed by atoms with van der Waals surface area (Å²) in [6.07, 6.45) is -4.30. The topological polar surface area (TPSA) is 55.4 Å². The van der Waals surface area contributed by atoms with Gasteiger partial charge in [0.05, 0.1) is 4.90 Å². The molecule has 0 fully saturated rings. The van der Waals surface area contributed by atoms with Gasteiger partial charge in [-0.15, -0.1) is 13.2 Å². The predicted molar refractivity (Wildman–Crippen MR) is 78.5 cm³/mol. The molecule has 0 aliphatic heterocycles. The van der Waals surface area contributed by atoms with Gasteiger partial charge < -0.3 is 4.74 Å². The number of ether oxygens (including phenoxy) is 1. The Morgan fingerprint density at radius 2 is 1.57 bits per heavy atom. The summed E-state index contributed by atoms with van der Waals surface area (Å²) in [5, 5.41) is 0. The monoisotopic (exact) mass is 345 g/mol. The molecular formula is C15H14F3NO3S. The first-order valence-corrected chi connectivity index (χ1v) is 8.14. The second-order valence-corrected chi connectivity index (χ2v) is 6.42. The molecule has 124 valence electrons. The first-order chi connectivity index (χ1) is 10.8. The second-order valence-electron chi connectivity index (χ2n) is 4.65. The van der Waals surface area contributed by atoms with E-state index in [0.717, 1.165) is 29.8 Å². The lowest BCUT2D eigenvalue weighted by Gasteiger charge is -2.10. The predicted octanol–water partition coefficient (Wildman–Crippen LogP) is 3.11. The van der Waals surface area contributed by atoms with Crippen LogP contribution in [-0.2, 0) is 16.4 Å². The van der Waals surface area contributed by atoms with Crippen molar-refractivity contribution in [3.8, 4) is 5.75 Å². The molecule has 0 saturated carbocycles. The summed E-state index contributed by atoms with van der Waals surface area (Å²) in [7, 11) is -3.78. The van der Waals surface area contributed by atoms with E-state index >= 15 is 0 Å². The zero-order valence-corrected chi connectivity index (χ0v) is 12.7.